The number of halogens is 3. The zero-order chi connectivity index (χ0) is 19.2. The Balaban J connectivity index is 1.39. The van der Waals surface area contributed by atoms with Gasteiger partial charge in [0, 0.05) is 36.4 Å². The standard InChI is InChI=1S/C20H23Cl3N2O2/c21-14-2-1-3-18(10-14)27-13-17(26)12-25-8-6-15(7-9-25)24-16-4-5-19(22)20(23)11-16/h1-5,10-11,15,17,24,26H,6-9,12-13H2. The molecule has 1 unspecified atom stereocenters. The smallest absolute Gasteiger partial charge is 0.120 e. The molecule has 27 heavy (non-hydrogen) atoms. The molecule has 0 saturated carbocycles. The molecule has 0 amide bonds. The van der Waals surface area contributed by atoms with E-state index < -0.39 is 6.10 Å². The van der Waals surface area contributed by atoms with Crippen LogP contribution in [0.3, 0.4) is 0 Å². The van der Waals surface area contributed by atoms with Crippen LogP contribution in [-0.2, 0) is 0 Å². The molecule has 1 saturated heterocycles. The van der Waals surface area contributed by atoms with Crippen molar-refractivity contribution in [2.45, 2.75) is 25.0 Å². The second-order valence-electron chi connectivity index (χ2n) is 6.77. The number of hydrogen-bond donors (Lipinski definition) is 2. The fourth-order valence-corrected chi connectivity index (χ4v) is 3.66. The van der Waals surface area contributed by atoms with Crippen LogP contribution in [0.5, 0.6) is 5.75 Å². The number of ether oxygens (including phenoxy) is 1. The lowest BCUT2D eigenvalue weighted by molar-refractivity contribution is 0.0605. The van der Waals surface area contributed by atoms with Gasteiger partial charge in [0.05, 0.1) is 10.0 Å². The van der Waals surface area contributed by atoms with Gasteiger partial charge in [0.2, 0.25) is 0 Å². The average molecular weight is 430 g/mol. The van der Waals surface area contributed by atoms with E-state index in [4.69, 9.17) is 39.5 Å². The molecule has 4 nitrogen and oxygen atoms in total. The van der Waals surface area contributed by atoms with Crippen molar-refractivity contribution in [1.82, 2.24) is 4.90 Å². The molecule has 2 aromatic rings. The first-order valence-corrected chi connectivity index (χ1v) is 10.1. The molecule has 1 aliphatic heterocycles. The maximum Gasteiger partial charge on any atom is 0.120 e. The van der Waals surface area contributed by atoms with E-state index in [0.717, 1.165) is 31.6 Å². The summed E-state index contributed by atoms with van der Waals surface area (Å²) in [6.07, 6.45) is 1.47. The van der Waals surface area contributed by atoms with Crippen LogP contribution in [0.1, 0.15) is 12.8 Å². The molecule has 2 aromatic carbocycles. The van der Waals surface area contributed by atoms with E-state index in [1.54, 1.807) is 18.2 Å². The van der Waals surface area contributed by atoms with Gasteiger partial charge in [-0.25, -0.2) is 0 Å². The minimum absolute atomic E-state index is 0.252. The molecule has 2 N–H and O–H groups in total. The molecule has 1 aliphatic rings. The summed E-state index contributed by atoms with van der Waals surface area (Å²) in [6.45, 7) is 2.70. The highest BCUT2D eigenvalue weighted by Gasteiger charge is 2.21. The Kier molecular flexibility index (Phi) is 7.50. The Morgan fingerprint density at radius 1 is 1.07 bits per heavy atom. The monoisotopic (exact) mass is 428 g/mol. The van der Waals surface area contributed by atoms with Gasteiger partial charge in [0.25, 0.3) is 0 Å². The summed E-state index contributed by atoms with van der Waals surface area (Å²) in [4.78, 5) is 2.26. The van der Waals surface area contributed by atoms with Gasteiger partial charge in [-0.2, -0.15) is 0 Å². The van der Waals surface area contributed by atoms with Crippen molar-refractivity contribution in [3.63, 3.8) is 0 Å². The summed E-state index contributed by atoms with van der Waals surface area (Å²) in [6, 6.07) is 13.2. The number of benzene rings is 2. The molecule has 1 heterocycles. The van der Waals surface area contributed by atoms with Gasteiger partial charge in [0.15, 0.2) is 0 Å². The predicted octanol–water partition coefficient (Wildman–Crippen LogP) is 4.96. The second kappa shape index (κ2) is 9.85. The first-order chi connectivity index (χ1) is 13.0. The normalized spacial score (nSPS) is 16.9. The number of likely N-dealkylation sites (tertiary alicyclic amines) is 1. The van der Waals surface area contributed by atoms with Gasteiger partial charge in [-0.15, -0.1) is 0 Å². The van der Waals surface area contributed by atoms with E-state index in [9.17, 15) is 5.11 Å². The fourth-order valence-electron chi connectivity index (χ4n) is 3.18. The molecule has 3 rings (SSSR count). The van der Waals surface area contributed by atoms with Crippen molar-refractivity contribution >= 4 is 40.5 Å². The van der Waals surface area contributed by atoms with Crippen LogP contribution in [0.15, 0.2) is 42.5 Å². The molecule has 0 aromatic heterocycles. The van der Waals surface area contributed by atoms with E-state index in [1.165, 1.54) is 0 Å². The van der Waals surface area contributed by atoms with Crippen molar-refractivity contribution in [3.8, 4) is 5.75 Å². The summed E-state index contributed by atoms with van der Waals surface area (Å²) in [5.74, 6) is 0.672. The largest absolute Gasteiger partial charge is 0.491 e. The van der Waals surface area contributed by atoms with Gasteiger partial charge in [0.1, 0.15) is 18.5 Å². The van der Waals surface area contributed by atoms with E-state index in [-0.39, 0.29) is 6.61 Å². The van der Waals surface area contributed by atoms with Crippen molar-refractivity contribution in [3.05, 3.63) is 57.5 Å². The SMILES string of the molecule is OC(COc1cccc(Cl)c1)CN1CCC(Nc2ccc(Cl)c(Cl)c2)CC1. The third-order valence-electron chi connectivity index (χ3n) is 4.59. The van der Waals surface area contributed by atoms with Crippen molar-refractivity contribution in [2.75, 3.05) is 31.6 Å². The number of rotatable bonds is 7. The molecular weight excluding hydrogens is 407 g/mol. The van der Waals surface area contributed by atoms with E-state index in [1.807, 2.05) is 24.3 Å². The molecule has 0 bridgehead atoms. The van der Waals surface area contributed by atoms with E-state index in [0.29, 0.717) is 33.4 Å². The van der Waals surface area contributed by atoms with Crippen LogP contribution in [0.25, 0.3) is 0 Å². The molecule has 7 heteroatoms. The maximum atomic E-state index is 10.2. The quantitative estimate of drug-likeness (QED) is 0.653. The molecule has 1 atom stereocenters. The molecule has 0 aliphatic carbocycles. The van der Waals surface area contributed by atoms with E-state index in [2.05, 4.69) is 10.2 Å². The number of aliphatic hydroxyl groups excluding tert-OH is 1. The lowest BCUT2D eigenvalue weighted by atomic mass is 10.0. The minimum Gasteiger partial charge on any atom is -0.491 e. The van der Waals surface area contributed by atoms with Crippen molar-refractivity contribution in [1.29, 1.82) is 0 Å². The van der Waals surface area contributed by atoms with Crippen LogP contribution >= 0.6 is 34.8 Å². The number of anilines is 1. The Morgan fingerprint density at radius 2 is 1.85 bits per heavy atom. The first kappa shape index (κ1) is 20.6. The Hall–Kier alpha value is -1.17. The molecule has 1 fully saturated rings. The lowest BCUT2D eigenvalue weighted by Gasteiger charge is -2.34. The molecule has 146 valence electrons. The van der Waals surface area contributed by atoms with Crippen molar-refractivity contribution < 1.29 is 9.84 Å². The zero-order valence-corrected chi connectivity index (χ0v) is 17.1. The maximum absolute atomic E-state index is 10.2. The van der Waals surface area contributed by atoms with Crippen molar-refractivity contribution in [2.24, 2.45) is 0 Å². The summed E-state index contributed by atoms with van der Waals surface area (Å²) >= 11 is 18.0. The van der Waals surface area contributed by atoms with Gasteiger partial charge >= 0.3 is 0 Å². The predicted molar refractivity (Wildman–Crippen MR) is 113 cm³/mol. The van der Waals surface area contributed by atoms with Crippen LogP contribution in [-0.4, -0.2) is 48.4 Å². The Bertz CT molecular complexity index is 752. The number of hydrogen-bond acceptors (Lipinski definition) is 4. The average Bonchev–Trinajstić information content (AvgIpc) is 2.65. The van der Waals surface area contributed by atoms with E-state index >= 15 is 0 Å². The topological polar surface area (TPSA) is 44.7 Å². The third kappa shape index (κ3) is 6.44. The Labute approximate surface area is 175 Å². The molecular formula is C20H23Cl3N2O2. The minimum atomic E-state index is -0.538. The zero-order valence-electron chi connectivity index (χ0n) is 14.9. The number of nitrogens with one attached hydrogen (secondary N) is 1. The molecule has 0 radical (unpaired) electrons. The second-order valence-corrected chi connectivity index (χ2v) is 8.02. The van der Waals surface area contributed by atoms with Crippen LogP contribution in [0.2, 0.25) is 15.1 Å². The van der Waals surface area contributed by atoms with Crippen LogP contribution in [0, 0.1) is 0 Å². The van der Waals surface area contributed by atoms with Gasteiger partial charge in [-0.3, -0.25) is 0 Å². The van der Waals surface area contributed by atoms with Gasteiger partial charge < -0.3 is 20.1 Å². The highest BCUT2D eigenvalue weighted by molar-refractivity contribution is 6.42. The Morgan fingerprint density at radius 3 is 2.56 bits per heavy atom. The van der Waals surface area contributed by atoms with Gasteiger partial charge in [-0.05, 0) is 49.2 Å². The van der Waals surface area contributed by atoms with Crippen LogP contribution in [0.4, 0.5) is 5.69 Å². The lowest BCUT2D eigenvalue weighted by Crippen LogP contribution is -2.43. The summed E-state index contributed by atoms with van der Waals surface area (Å²) < 4.78 is 5.61. The highest BCUT2D eigenvalue weighted by atomic mass is 35.5. The first-order valence-electron chi connectivity index (χ1n) is 9.00. The third-order valence-corrected chi connectivity index (χ3v) is 5.56. The summed E-state index contributed by atoms with van der Waals surface area (Å²) in [5, 5.41) is 15.5. The fraction of sp³-hybridized carbons (Fsp3) is 0.400. The molecule has 0 spiro atoms. The highest BCUT2D eigenvalue weighted by Crippen LogP contribution is 2.26. The number of β-amino-alcohol motifs (C(OH)–C–C–N with tert-alkyl or cyclic N) is 1. The number of aliphatic hydroxyl groups is 1. The van der Waals surface area contributed by atoms with Gasteiger partial charge in [-0.1, -0.05) is 40.9 Å². The summed E-state index contributed by atoms with van der Waals surface area (Å²) in [5.41, 5.74) is 0.984. The number of nitrogens with zero attached hydrogens (tertiary/aromatic N) is 1. The van der Waals surface area contributed by atoms with Crippen LogP contribution < -0.4 is 10.1 Å². The summed E-state index contributed by atoms with van der Waals surface area (Å²) in [7, 11) is 0. The number of piperidine rings is 1.